The van der Waals surface area contributed by atoms with Crippen LogP contribution in [0.1, 0.15) is 60.4 Å². The molecule has 0 unspecified atom stereocenters. The number of aryl methyl sites for hydroxylation is 1. The first-order valence-electron chi connectivity index (χ1n) is 14.3. The van der Waals surface area contributed by atoms with Gasteiger partial charge in [0.25, 0.3) is 0 Å². The van der Waals surface area contributed by atoms with Crippen LogP contribution >= 0.6 is 0 Å². The average molecular weight is 693 g/mol. The van der Waals surface area contributed by atoms with Gasteiger partial charge >= 0.3 is 12.2 Å². The van der Waals surface area contributed by atoms with E-state index in [0.29, 0.717) is 24.6 Å². The molecular weight excluding hydrogens is 668 g/mol. The monoisotopic (exact) mass is 692 g/mol. The molecule has 2 nitrogen and oxygen atoms in total. The predicted molar refractivity (Wildman–Crippen MR) is 151 cm³/mol. The maximum atomic E-state index is 14.8. The summed E-state index contributed by atoms with van der Waals surface area (Å²) < 4.78 is 180. The molecule has 14 heteroatoms. The number of hydrogen-bond acceptors (Lipinski definition) is 2. The Morgan fingerprint density at radius 2 is 1.04 bits per heavy atom. The van der Waals surface area contributed by atoms with E-state index in [4.69, 9.17) is 0 Å². The fourth-order valence-electron chi connectivity index (χ4n) is 4.65. The highest BCUT2D eigenvalue weighted by atomic mass is 19.3. The molecule has 0 bridgehead atoms. The molecule has 0 aliphatic heterocycles. The Morgan fingerprint density at radius 3 is 1.56 bits per heavy atom. The maximum absolute atomic E-state index is 14.8. The van der Waals surface area contributed by atoms with E-state index in [9.17, 15) is 52.7 Å². The minimum Gasteiger partial charge on any atom is -0.429 e. The zero-order valence-corrected chi connectivity index (χ0v) is 24.7. The van der Waals surface area contributed by atoms with E-state index >= 15 is 0 Å². The Morgan fingerprint density at radius 1 is 0.542 bits per heavy atom. The van der Waals surface area contributed by atoms with Gasteiger partial charge in [0.2, 0.25) is 0 Å². The van der Waals surface area contributed by atoms with Crippen LogP contribution < -0.4 is 9.47 Å². The molecule has 0 atom stereocenters. The Hall–Kier alpha value is -4.62. The maximum Gasteiger partial charge on any atom is 0.432 e. The van der Waals surface area contributed by atoms with Crippen LogP contribution in [0.5, 0.6) is 11.5 Å². The Bertz CT molecular complexity index is 1750. The van der Waals surface area contributed by atoms with Gasteiger partial charge in [-0.15, -0.1) is 0 Å². The summed E-state index contributed by atoms with van der Waals surface area (Å²) >= 11 is 0. The quantitative estimate of drug-likeness (QED) is 0.0601. The summed E-state index contributed by atoms with van der Waals surface area (Å²) in [5.41, 5.74) is -4.26. The predicted octanol–water partition coefficient (Wildman–Crippen LogP) is 11.3. The molecule has 0 aliphatic carbocycles. The lowest BCUT2D eigenvalue weighted by Crippen LogP contribution is -2.25. The van der Waals surface area contributed by atoms with E-state index in [1.807, 2.05) is 6.92 Å². The van der Waals surface area contributed by atoms with Crippen molar-refractivity contribution in [2.75, 3.05) is 0 Å². The largest absolute Gasteiger partial charge is 0.432 e. The number of hydrogen-bond donors (Lipinski definition) is 0. The van der Waals surface area contributed by atoms with Crippen molar-refractivity contribution >= 4 is 12.2 Å². The van der Waals surface area contributed by atoms with E-state index in [2.05, 4.69) is 9.47 Å². The smallest absolute Gasteiger partial charge is 0.429 e. The van der Waals surface area contributed by atoms with Gasteiger partial charge in [-0.1, -0.05) is 38.3 Å². The zero-order valence-electron chi connectivity index (χ0n) is 24.7. The van der Waals surface area contributed by atoms with Gasteiger partial charge in [-0.2, -0.15) is 17.6 Å². The molecule has 48 heavy (non-hydrogen) atoms. The molecule has 0 saturated carbocycles. The molecule has 0 aromatic heterocycles. The lowest BCUT2D eigenvalue weighted by molar-refractivity contribution is -0.190. The van der Waals surface area contributed by atoms with Crippen molar-refractivity contribution in [1.29, 1.82) is 0 Å². The van der Waals surface area contributed by atoms with Crippen LogP contribution in [0.25, 0.3) is 12.2 Å². The number of rotatable bonds is 13. The van der Waals surface area contributed by atoms with Crippen molar-refractivity contribution in [1.82, 2.24) is 0 Å². The van der Waals surface area contributed by atoms with E-state index in [1.165, 1.54) is 0 Å². The standard InChI is InChI=1S/C34H24F12O2/c1-2-3-4-5-6-18-11-24(36)30(25(37)12-18)33(43,44)47-21-10-9-20(23(35)15-21)8-7-19-13-26(38)31(27(39)14-19)34(45,46)48-22-16-28(40)32(42)29(41)17-22/h7-17H,2-6H2,1H3/b8-7+. The van der Waals surface area contributed by atoms with Crippen molar-refractivity contribution in [3.05, 3.63) is 129 Å². The molecule has 4 aromatic rings. The molecule has 0 N–H and O–H groups in total. The van der Waals surface area contributed by atoms with Crippen molar-refractivity contribution in [3.63, 3.8) is 0 Å². The summed E-state index contributed by atoms with van der Waals surface area (Å²) in [4.78, 5) is 0. The third-order valence-corrected chi connectivity index (χ3v) is 6.94. The van der Waals surface area contributed by atoms with Crippen LogP contribution in [-0.2, 0) is 18.6 Å². The summed E-state index contributed by atoms with van der Waals surface area (Å²) in [5, 5.41) is 0. The van der Waals surface area contributed by atoms with Gasteiger partial charge in [0.05, 0.1) is 0 Å². The molecule has 0 amide bonds. The molecule has 0 radical (unpaired) electrons. The first kappa shape index (κ1) is 36.2. The van der Waals surface area contributed by atoms with E-state index < -0.39 is 86.9 Å². The molecule has 0 saturated heterocycles. The molecule has 0 heterocycles. The lowest BCUT2D eigenvalue weighted by atomic mass is 10.0. The molecule has 4 aromatic carbocycles. The normalized spacial score (nSPS) is 12.2. The van der Waals surface area contributed by atoms with E-state index in [-0.39, 0.29) is 29.7 Å². The molecular formula is C34H24F12O2. The fourth-order valence-corrected chi connectivity index (χ4v) is 4.65. The second-order valence-corrected chi connectivity index (χ2v) is 10.6. The average Bonchev–Trinajstić information content (AvgIpc) is 2.96. The Labute approximate surface area is 266 Å². The van der Waals surface area contributed by atoms with Crippen molar-refractivity contribution < 1.29 is 62.2 Å². The second-order valence-electron chi connectivity index (χ2n) is 10.6. The van der Waals surface area contributed by atoms with Crippen molar-refractivity contribution in [2.24, 2.45) is 0 Å². The van der Waals surface area contributed by atoms with Gasteiger partial charge < -0.3 is 9.47 Å². The third-order valence-electron chi connectivity index (χ3n) is 6.94. The van der Waals surface area contributed by atoms with Crippen LogP contribution in [-0.4, -0.2) is 0 Å². The number of ether oxygens (including phenoxy) is 2. The number of benzene rings is 4. The fraction of sp³-hybridized carbons (Fsp3) is 0.235. The summed E-state index contributed by atoms with van der Waals surface area (Å²) in [6.45, 7) is 1.97. The van der Waals surface area contributed by atoms with Gasteiger partial charge in [0.1, 0.15) is 51.7 Å². The first-order valence-corrected chi connectivity index (χ1v) is 14.3. The van der Waals surface area contributed by atoms with Crippen LogP contribution in [0.2, 0.25) is 0 Å². The van der Waals surface area contributed by atoms with Gasteiger partial charge in [-0.3, -0.25) is 0 Å². The zero-order chi connectivity index (χ0) is 35.4. The van der Waals surface area contributed by atoms with Crippen molar-refractivity contribution in [2.45, 2.75) is 51.2 Å². The minimum absolute atomic E-state index is 0.0368. The second kappa shape index (κ2) is 14.7. The Balaban J connectivity index is 1.49. The first-order chi connectivity index (χ1) is 22.5. The number of halogens is 12. The summed E-state index contributed by atoms with van der Waals surface area (Å²) in [7, 11) is 0. The molecule has 0 aliphatic rings. The van der Waals surface area contributed by atoms with E-state index in [0.717, 1.165) is 55.7 Å². The highest BCUT2D eigenvalue weighted by Crippen LogP contribution is 2.38. The topological polar surface area (TPSA) is 18.5 Å². The number of alkyl halides is 4. The summed E-state index contributed by atoms with van der Waals surface area (Å²) in [6.07, 6.45) is -4.14. The van der Waals surface area contributed by atoms with Gasteiger partial charge in [0.15, 0.2) is 17.5 Å². The summed E-state index contributed by atoms with van der Waals surface area (Å²) in [6, 6.07) is 4.54. The summed E-state index contributed by atoms with van der Waals surface area (Å²) in [5.74, 6) is -16.0. The molecule has 4 rings (SSSR count). The van der Waals surface area contributed by atoms with Crippen LogP contribution in [0, 0.1) is 46.5 Å². The van der Waals surface area contributed by atoms with Gasteiger partial charge in [-0.05, 0) is 60.4 Å². The van der Waals surface area contributed by atoms with Gasteiger partial charge in [0, 0.05) is 23.8 Å². The molecule has 0 fully saturated rings. The highest BCUT2D eigenvalue weighted by molar-refractivity contribution is 5.70. The molecule has 0 spiro atoms. The lowest BCUT2D eigenvalue weighted by Gasteiger charge is -2.20. The van der Waals surface area contributed by atoms with Gasteiger partial charge in [-0.25, -0.2) is 35.1 Å². The highest BCUT2D eigenvalue weighted by Gasteiger charge is 2.42. The Kier molecular flexibility index (Phi) is 11.1. The van der Waals surface area contributed by atoms with Crippen LogP contribution in [0.4, 0.5) is 52.7 Å². The molecule has 256 valence electrons. The SMILES string of the molecule is CCCCCCc1cc(F)c(C(F)(F)Oc2ccc(/C=C/c3cc(F)c(C(F)(F)Oc4cc(F)c(F)c(F)c4)c(F)c3)c(F)c2)c(F)c1. The van der Waals surface area contributed by atoms with Crippen molar-refractivity contribution in [3.8, 4) is 11.5 Å². The minimum atomic E-state index is -4.83. The number of unbranched alkanes of at least 4 members (excludes halogenated alkanes) is 3. The van der Waals surface area contributed by atoms with E-state index in [1.54, 1.807) is 0 Å². The van der Waals surface area contributed by atoms with Crippen LogP contribution in [0.3, 0.4) is 0 Å². The third kappa shape index (κ3) is 8.45. The van der Waals surface area contributed by atoms with Crippen LogP contribution in [0.15, 0.2) is 54.6 Å².